The van der Waals surface area contributed by atoms with Gasteiger partial charge in [0, 0.05) is 12.1 Å². The molecule has 0 saturated carbocycles. The minimum Gasteiger partial charge on any atom is -0.484 e. The summed E-state index contributed by atoms with van der Waals surface area (Å²) in [4.78, 5) is 23.5. The summed E-state index contributed by atoms with van der Waals surface area (Å²) in [7, 11) is 2.83. The van der Waals surface area contributed by atoms with Crippen molar-refractivity contribution < 1.29 is 19.1 Å². The van der Waals surface area contributed by atoms with Gasteiger partial charge in [-0.15, -0.1) is 0 Å². The van der Waals surface area contributed by atoms with Crippen molar-refractivity contribution in [1.29, 1.82) is 0 Å². The van der Waals surface area contributed by atoms with Crippen LogP contribution in [0.1, 0.15) is 10.5 Å². The van der Waals surface area contributed by atoms with Crippen molar-refractivity contribution in [2.24, 2.45) is 7.05 Å². The van der Waals surface area contributed by atoms with Crippen LogP contribution in [-0.4, -0.2) is 35.4 Å². The number of hydrogen-bond acceptors (Lipinski definition) is 5. The highest BCUT2D eigenvalue weighted by molar-refractivity contribution is 6.30. The van der Waals surface area contributed by atoms with Crippen molar-refractivity contribution in [3.05, 3.63) is 41.2 Å². The lowest BCUT2D eigenvalue weighted by Crippen LogP contribution is -2.22. The molecule has 0 aliphatic rings. The summed E-state index contributed by atoms with van der Waals surface area (Å²) in [5, 5.41) is 7.04. The second kappa shape index (κ2) is 6.95. The fourth-order valence-corrected chi connectivity index (χ4v) is 1.86. The summed E-state index contributed by atoms with van der Waals surface area (Å²) in [6, 6.07) is 6.62. The van der Waals surface area contributed by atoms with Crippen LogP contribution in [0.3, 0.4) is 0 Å². The fraction of sp³-hybridized carbons (Fsp3) is 0.214. The maximum Gasteiger partial charge on any atom is 0.358 e. The van der Waals surface area contributed by atoms with Gasteiger partial charge in [-0.2, -0.15) is 5.10 Å². The molecule has 0 spiro atoms. The molecule has 2 aromatic rings. The Morgan fingerprint density at radius 1 is 1.32 bits per heavy atom. The Bertz CT molecular complexity index is 682. The molecule has 0 aliphatic heterocycles. The van der Waals surface area contributed by atoms with E-state index in [1.54, 1.807) is 31.3 Å². The Kier molecular flexibility index (Phi) is 5.00. The molecule has 0 aliphatic carbocycles. The van der Waals surface area contributed by atoms with E-state index in [-0.39, 0.29) is 18.0 Å². The zero-order valence-corrected chi connectivity index (χ0v) is 12.8. The van der Waals surface area contributed by atoms with E-state index in [4.69, 9.17) is 16.3 Å². The number of ether oxygens (including phenoxy) is 2. The standard InChI is InChI=1S/C14H14ClN3O4/c1-18-13(14(20)21-2)11(7-16-18)17-12(19)8-22-10-5-3-9(15)4-6-10/h3-7H,8H2,1-2H3,(H,17,19). The third-order valence-corrected chi connectivity index (χ3v) is 3.03. The number of aryl methyl sites for hydroxylation is 1. The number of nitrogens with one attached hydrogen (secondary N) is 1. The maximum absolute atomic E-state index is 11.9. The van der Waals surface area contributed by atoms with E-state index >= 15 is 0 Å². The van der Waals surface area contributed by atoms with E-state index in [0.29, 0.717) is 10.8 Å². The van der Waals surface area contributed by atoms with Crippen molar-refractivity contribution >= 4 is 29.2 Å². The van der Waals surface area contributed by atoms with Crippen LogP contribution in [0.5, 0.6) is 5.75 Å². The molecule has 7 nitrogen and oxygen atoms in total. The molecule has 0 unspecified atom stereocenters. The minimum absolute atomic E-state index is 0.155. The number of carbonyl (C=O) groups is 2. The Labute approximate surface area is 131 Å². The lowest BCUT2D eigenvalue weighted by atomic mass is 10.3. The van der Waals surface area contributed by atoms with Crippen molar-refractivity contribution in [2.75, 3.05) is 19.0 Å². The van der Waals surface area contributed by atoms with E-state index in [2.05, 4.69) is 15.2 Å². The highest BCUT2D eigenvalue weighted by Crippen LogP contribution is 2.17. The van der Waals surface area contributed by atoms with Crippen LogP contribution in [0, 0.1) is 0 Å². The average Bonchev–Trinajstić information content (AvgIpc) is 2.86. The van der Waals surface area contributed by atoms with Crippen molar-refractivity contribution in [1.82, 2.24) is 9.78 Å². The summed E-state index contributed by atoms with van der Waals surface area (Å²) in [5.74, 6) is -0.499. The predicted molar refractivity (Wildman–Crippen MR) is 80.1 cm³/mol. The molecule has 1 aromatic carbocycles. The van der Waals surface area contributed by atoms with E-state index in [0.717, 1.165) is 0 Å². The number of nitrogens with zero attached hydrogens (tertiary/aromatic N) is 2. The number of rotatable bonds is 5. The first-order valence-corrected chi connectivity index (χ1v) is 6.67. The van der Waals surface area contributed by atoms with Gasteiger partial charge in [-0.25, -0.2) is 4.79 Å². The van der Waals surface area contributed by atoms with Crippen LogP contribution in [0.2, 0.25) is 5.02 Å². The Hall–Kier alpha value is -2.54. The number of methoxy groups -OCH3 is 1. The third-order valence-electron chi connectivity index (χ3n) is 2.78. The molecule has 116 valence electrons. The van der Waals surface area contributed by atoms with Gasteiger partial charge in [-0.1, -0.05) is 11.6 Å². The van der Waals surface area contributed by atoms with Crippen LogP contribution >= 0.6 is 11.6 Å². The first kappa shape index (κ1) is 15.8. The monoisotopic (exact) mass is 323 g/mol. The van der Waals surface area contributed by atoms with Crippen LogP contribution in [-0.2, 0) is 16.6 Å². The van der Waals surface area contributed by atoms with E-state index in [9.17, 15) is 9.59 Å². The van der Waals surface area contributed by atoms with Gasteiger partial charge in [0.1, 0.15) is 5.75 Å². The second-order valence-corrected chi connectivity index (χ2v) is 4.75. The lowest BCUT2D eigenvalue weighted by molar-refractivity contribution is -0.118. The Morgan fingerprint density at radius 2 is 2.00 bits per heavy atom. The quantitative estimate of drug-likeness (QED) is 0.849. The van der Waals surface area contributed by atoms with Crippen molar-refractivity contribution in [3.8, 4) is 5.75 Å². The molecule has 2 rings (SSSR count). The summed E-state index contributed by atoms with van der Waals surface area (Å²) in [6.07, 6.45) is 1.37. The topological polar surface area (TPSA) is 82.4 Å². The molecule has 8 heteroatoms. The Morgan fingerprint density at radius 3 is 2.64 bits per heavy atom. The van der Waals surface area contributed by atoms with Gasteiger partial charge in [0.2, 0.25) is 0 Å². The zero-order chi connectivity index (χ0) is 16.1. The molecule has 0 fully saturated rings. The van der Waals surface area contributed by atoms with Gasteiger partial charge in [0.25, 0.3) is 5.91 Å². The normalized spacial score (nSPS) is 10.1. The molecular formula is C14H14ClN3O4. The van der Waals surface area contributed by atoms with Gasteiger partial charge in [0.05, 0.1) is 19.0 Å². The van der Waals surface area contributed by atoms with Crippen molar-refractivity contribution in [3.63, 3.8) is 0 Å². The van der Waals surface area contributed by atoms with Gasteiger partial charge in [0.15, 0.2) is 12.3 Å². The number of hydrogen-bond donors (Lipinski definition) is 1. The molecule has 0 radical (unpaired) electrons. The van der Waals surface area contributed by atoms with Crippen LogP contribution in [0.25, 0.3) is 0 Å². The molecule has 1 heterocycles. The average molecular weight is 324 g/mol. The van der Waals surface area contributed by atoms with Crippen LogP contribution < -0.4 is 10.1 Å². The molecular weight excluding hydrogens is 310 g/mol. The lowest BCUT2D eigenvalue weighted by Gasteiger charge is -2.08. The number of amides is 1. The summed E-state index contributed by atoms with van der Waals surface area (Å²) >= 11 is 5.76. The molecule has 1 amide bonds. The van der Waals surface area contributed by atoms with Crippen molar-refractivity contribution in [2.45, 2.75) is 0 Å². The number of halogens is 1. The summed E-state index contributed by atoms with van der Waals surface area (Å²) in [6.45, 7) is -0.211. The molecule has 0 saturated heterocycles. The number of esters is 1. The largest absolute Gasteiger partial charge is 0.484 e. The smallest absolute Gasteiger partial charge is 0.358 e. The van der Waals surface area contributed by atoms with Crippen LogP contribution in [0.15, 0.2) is 30.5 Å². The first-order chi connectivity index (χ1) is 10.5. The molecule has 0 bridgehead atoms. The number of anilines is 1. The van der Waals surface area contributed by atoms with E-state index in [1.165, 1.54) is 18.0 Å². The second-order valence-electron chi connectivity index (χ2n) is 4.31. The van der Waals surface area contributed by atoms with Gasteiger partial charge in [-0.05, 0) is 24.3 Å². The SMILES string of the molecule is COC(=O)c1c(NC(=O)COc2ccc(Cl)cc2)cnn1C. The molecule has 1 aromatic heterocycles. The number of carbonyl (C=O) groups excluding carboxylic acids is 2. The summed E-state index contributed by atoms with van der Waals surface area (Å²) in [5.41, 5.74) is 0.418. The third kappa shape index (κ3) is 3.76. The molecule has 0 atom stereocenters. The van der Waals surface area contributed by atoms with Gasteiger partial charge >= 0.3 is 5.97 Å². The van der Waals surface area contributed by atoms with Gasteiger partial charge in [-0.3, -0.25) is 9.48 Å². The number of benzene rings is 1. The van der Waals surface area contributed by atoms with Crippen LogP contribution in [0.4, 0.5) is 5.69 Å². The van der Waals surface area contributed by atoms with Gasteiger partial charge < -0.3 is 14.8 Å². The first-order valence-electron chi connectivity index (χ1n) is 6.30. The summed E-state index contributed by atoms with van der Waals surface area (Å²) < 4.78 is 11.3. The molecule has 1 N–H and O–H groups in total. The predicted octanol–water partition coefficient (Wildman–Crippen LogP) is 1.88. The highest BCUT2D eigenvalue weighted by atomic mass is 35.5. The Balaban J connectivity index is 1.98. The zero-order valence-electron chi connectivity index (χ0n) is 12.0. The fourth-order valence-electron chi connectivity index (χ4n) is 1.73. The van der Waals surface area contributed by atoms with E-state index in [1.807, 2.05) is 0 Å². The maximum atomic E-state index is 11.9. The minimum atomic E-state index is -0.589. The highest BCUT2D eigenvalue weighted by Gasteiger charge is 2.19. The number of aromatic nitrogens is 2. The van der Waals surface area contributed by atoms with E-state index < -0.39 is 11.9 Å². The molecule has 22 heavy (non-hydrogen) atoms.